The average Bonchev–Trinajstić information content (AvgIpc) is 2.86. The van der Waals surface area contributed by atoms with Gasteiger partial charge >= 0.3 is 23.9 Å². The number of benzene rings is 2. The second-order valence-corrected chi connectivity index (χ2v) is 8.47. The second kappa shape index (κ2) is 14.8. The molecule has 0 bridgehead atoms. The Labute approximate surface area is 234 Å². The van der Waals surface area contributed by atoms with Gasteiger partial charge in [0.15, 0.2) is 23.0 Å². The first-order valence-corrected chi connectivity index (χ1v) is 12.2. The Morgan fingerprint density at radius 1 is 0.683 bits per heavy atom. The Bertz CT molecular complexity index is 1370. The third kappa shape index (κ3) is 9.76. The normalized spacial score (nSPS) is 10.9. The lowest BCUT2D eigenvalue weighted by atomic mass is 10.1. The number of para-hydroxylation sites is 2. The van der Waals surface area contributed by atoms with Crippen LogP contribution < -0.4 is 35.3 Å². The zero-order valence-corrected chi connectivity index (χ0v) is 22.7. The molecule has 218 valence electrons. The summed E-state index contributed by atoms with van der Waals surface area (Å²) in [6, 6.07) is 6.95. The zero-order chi connectivity index (χ0) is 30.7. The largest absolute Gasteiger partial charge is 0.423 e. The summed E-state index contributed by atoms with van der Waals surface area (Å²) >= 11 is 0. The number of hydrogen-bond acceptors (Lipinski definition) is 11. The number of carbonyl (C=O) groups is 7. The predicted molar refractivity (Wildman–Crippen MR) is 140 cm³/mol. The van der Waals surface area contributed by atoms with Crippen LogP contribution in [-0.4, -0.2) is 54.2 Å². The summed E-state index contributed by atoms with van der Waals surface area (Å²) in [7, 11) is 0. The fourth-order valence-electron chi connectivity index (χ4n) is 3.48. The molecule has 0 heterocycles. The molecule has 0 saturated carbocycles. The fourth-order valence-corrected chi connectivity index (χ4v) is 3.48. The molecule has 41 heavy (non-hydrogen) atoms. The minimum atomic E-state index is -1.19. The minimum absolute atomic E-state index is 0.00181. The van der Waals surface area contributed by atoms with Crippen molar-refractivity contribution < 1.29 is 52.5 Å². The molecule has 14 heteroatoms. The van der Waals surface area contributed by atoms with Gasteiger partial charge < -0.3 is 35.3 Å². The summed E-state index contributed by atoms with van der Waals surface area (Å²) in [5, 5.41) is 5.03. The molecule has 0 spiro atoms. The van der Waals surface area contributed by atoms with Crippen LogP contribution in [0.3, 0.4) is 0 Å². The Kier molecular flexibility index (Phi) is 11.5. The maximum atomic E-state index is 13.0. The van der Waals surface area contributed by atoms with E-state index in [2.05, 4.69) is 10.6 Å². The first-order valence-electron chi connectivity index (χ1n) is 12.2. The van der Waals surface area contributed by atoms with Gasteiger partial charge in [-0.2, -0.15) is 0 Å². The van der Waals surface area contributed by atoms with E-state index in [4.69, 9.17) is 24.7 Å². The Morgan fingerprint density at radius 2 is 1.12 bits per heavy atom. The van der Waals surface area contributed by atoms with E-state index in [1.165, 1.54) is 36.4 Å². The number of primary amides is 1. The topological polar surface area (TPSA) is 206 Å². The highest BCUT2D eigenvalue weighted by molar-refractivity contribution is 6.01. The van der Waals surface area contributed by atoms with Gasteiger partial charge in [0.2, 0.25) is 5.91 Å². The van der Waals surface area contributed by atoms with Gasteiger partial charge in [-0.15, -0.1) is 0 Å². The molecule has 2 aromatic rings. The minimum Gasteiger partial charge on any atom is -0.423 e. The maximum absolute atomic E-state index is 13.0. The number of carbonyl (C=O) groups excluding carboxylic acids is 7. The van der Waals surface area contributed by atoms with E-state index in [0.717, 1.165) is 27.7 Å². The highest BCUT2D eigenvalue weighted by Crippen LogP contribution is 2.33. The molecule has 3 amide bonds. The summed E-state index contributed by atoms with van der Waals surface area (Å²) in [5.74, 6) is -6.16. The van der Waals surface area contributed by atoms with Crippen LogP contribution in [0.25, 0.3) is 0 Å². The monoisotopic (exact) mass is 571 g/mol. The molecule has 0 fully saturated rings. The van der Waals surface area contributed by atoms with Crippen LogP contribution in [0.2, 0.25) is 0 Å². The van der Waals surface area contributed by atoms with Gasteiger partial charge in [-0.1, -0.05) is 12.1 Å². The molecule has 1 atom stereocenters. The summed E-state index contributed by atoms with van der Waals surface area (Å²) in [4.78, 5) is 83.7. The highest BCUT2D eigenvalue weighted by Gasteiger charge is 2.25. The van der Waals surface area contributed by atoms with E-state index in [-0.39, 0.29) is 53.5 Å². The van der Waals surface area contributed by atoms with Crippen LogP contribution in [0.5, 0.6) is 23.0 Å². The number of nitrogens with two attached hydrogens (primary N) is 1. The molecule has 0 saturated heterocycles. The van der Waals surface area contributed by atoms with Crippen molar-refractivity contribution in [3.63, 3.8) is 0 Å². The molecule has 0 unspecified atom stereocenters. The number of amides is 3. The maximum Gasteiger partial charge on any atom is 0.308 e. The highest BCUT2D eigenvalue weighted by atomic mass is 16.6. The van der Waals surface area contributed by atoms with Crippen LogP contribution in [0.1, 0.15) is 61.3 Å². The van der Waals surface area contributed by atoms with E-state index < -0.39 is 47.6 Å². The average molecular weight is 572 g/mol. The third-order valence-electron chi connectivity index (χ3n) is 5.05. The standard InChI is InChI=1S/C27H29N3O11/c1-14(31)38-21-11-5-8-18(23(21)40-16(3)33)26(36)29-13-7-10-20(25(28)35)30-27(37)19-9-6-12-22(39-15(2)32)24(19)41-17(4)34/h5-6,8-9,11-12,20H,7,10,13H2,1-4H3,(H2,28,35)(H,29,36)(H,30,37)/t20-/m0/s1. The molecule has 4 N–H and O–H groups in total. The van der Waals surface area contributed by atoms with Crippen LogP contribution in [0, 0.1) is 0 Å². The molecular weight excluding hydrogens is 542 g/mol. The van der Waals surface area contributed by atoms with Crippen molar-refractivity contribution in [2.45, 2.75) is 46.6 Å². The van der Waals surface area contributed by atoms with Crippen molar-refractivity contribution >= 4 is 41.6 Å². The molecule has 0 aliphatic carbocycles. The number of rotatable bonds is 12. The van der Waals surface area contributed by atoms with Crippen LogP contribution in [0.15, 0.2) is 36.4 Å². The van der Waals surface area contributed by atoms with Crippen molar-refractivity contribution in [2.75, 3.05) is 6.54 Å². The van der Waals surface area contributed by atoms with Crippen LogP contribution in [-0.2, 0) is 24.0 Å². The van der Waals surface area contributed by atoms with E-state index >= 15 is 0 Å². The smallest absolute Gasteiger partial charge is 0.308 e. The predicted octanol–water partition coefficient (Wildman–Crippen LogP) is 1.18. The van der Waals surface area contributed by atoms with E-state index in [1.807, 2.05) is 0 Å². The van der Waals surface area contributed by atoms with Crippen molar-refractivity contribution in [1.82, 2.24) is 10.6 Å². The Morgan fingerprint density at radius 3 is 1.54 bits per heavy atom. The first-order chi connectivity index (χ1) is 19.3. The van der Waals surface area contributed by atoms with Gasteiger partial charge in [0.25, 0.3) is 11.8 Å². The van der Waals surface area contributed by atoms with Gasteiger partial charge in [0.05, 0.1) is 11.1 Å². The quantitative estimate of drug-likeness (QED) is 0.187. The van der Waals surface area contributed by atoms with Crippen LogP contribution in [0.4, 0.5) is 0 Å². The van der Waals surface area contributed by atoms with Crippen molar-refractivity contribution in [2.24, 2.45) is 5.73 Å². The second-order valence-electron chi connectivity index (χ2n) is 8.47. The molecule has 0 aromatic heterocycles. The molecule has 2 rings (SSSR count). The summed E-state index contributed by atoms with van der Waals surface area (Å²) in [5.41, 5.74) is 5.18. The molecule has 0 aliphatic heterocycles. The third-order valence-corrected chi connectivity index (χ3v) is 5.05. The summed E-state index contributed by atoms with van der Waals surface area (Å²) < 4.78 is 20.2. The Hall–Kier alpha value is -5.27. The summed E-state index contributed by atoms with van der Waals surface area (Å²) in [6.07, 6.45) is 0.161. The lowest BCUT2D eigenvalue weighted by Crippen LogP contribution is -2.45. The van der Waals surface area contributed by atoms with Crippen molar-refractivity contribution in [3.05, 3.63) is 47.5 Å². The number of esters is 4. The molecule has 2 aromatic carbocycles. The van der Waals surface area contributed by atoms with Crippen molar-refractivity contribution in [1.29, 1.82) is 0 Å². The van der Waals surface area contributed by atoms with E-state index in [1.54, 1.807) is 0 Å². The number of nitrogens with one attached hydrogen (secondary N) is 2. The molecular formula is C27H29N3O11. The van der Waals surface area contributed by atoms with Gasteiger partial charge in [-0.25, -0.2) is 0 Å². The SMILES string of the molecule is CC(=O)Oc1cccc(C(=O)NCCC[C@H](NC(=O)c2cccc(OC(C)=O)c2OC(C)=O)C(N)=O)c1OC(C)=O. The van der Waals surface area contributed by atoms with Crippen LogP contribution >= 0.6 is 0 Å². The lowest BCUT2D eigenvalue weighted by molar-refractivity contribution is -0.134. The Balaban J connectivity index is 2.11. The van der Waals surface area contributed by atoms with Gasteiger partial charge in [-0.3, -0.25) is 33.6 Å². The van der Waals surface area contributed by atoms with Gasteiger partial charge in [-0.05, 0) is 37.1 Å². The lowest BCUT2D eigenvalue weighted by Gasteiger charge is -2.18. The fraction of sp³-hybridized carbons (Fsp3) is 0.296. The number of hydrogen-bond donors (Lipinski definition) is 3. The molecule has 14 nitrogen and oxygen atoms in total. The van der Waals surface area contributed by atoms with Crippen molar-refractivity contribution in [3.8, 4) is 23.0 Å². The molecule has 0 radical (unpaired) electrons. The van der Waals surface area contributed by atoms with E-state index in [9.17, 15) is 33.6 Å². The zero-order valence-electron chi connectivity index (χ0n) is 22.7. The van der Waals surface area contributed by atoms with Gasteiger partial charge in [0, 0.05) is 34.2 Å². The first kappa shape index (κ1) is 31.9. The number of ether oxygens (including phenoxy) is 4. The molecule has 0 aliphatic rings. The van der Waals surface area contributed by atoms with Gasteiger partial charge in [0.1, 0.15) is 6.04 Å². The van der Waals surface area contributed by atoms with E-state index in [0.29, 0.717) is 0 Å². The summed E-state index contributed by atoms with van der Waals surface area (Å²) in [6.45, 7) is 4.49.